The number of nitrogens with two attached hydrogens (primary N) is 1. The predicted molar refractivity (Wildman–Crippen MR) is 71.4 cm³/mol. The summed E-state index contributed by atoms with van der Waals surface area (Å²) >= 11 is 0. The van der Waals surface area contributed by atoms with Gasteiger partial charge in [-0.3, -0.25) is 4.79 Å². The largest absolute Gasteiger partial charge is 0.320 e. The fourth-order valence-electron chi connectivity index (χ4n) is 2.53. The van der Waals surface area contributed by atoms with Gasteiger partial charge in [-0.15, -0.1) is 0 Å². The first kappa shape index (κ1) is 13.2. The van der Waals surface area contributed by atoms with Crippen molar-refractivity contribution in [3.05, 3.63) is 41.6 Å². The molecule has 0 bridgehead atoms. The Labute approximate surface area is 116 Å². The van der Waals surface area contributed by atoms with Gasteiger partial charge in [0.15, 0.2) is 0 Å². The van der Waals surface area contributed by atoms with Gasteiger partial charge in [-0.25, -0.2) is 8.78 Å². The Kier molecular flexibility index (Phi) is 3.30. The van der Waals surface area contributed by atoms with Crippen molar-refractivity contribution in [1.82, 2.24) is 4.90 Å². The summed E-state index contributed by atoms with van der Waals surface area (Å²) < 4.78 is 26.9. The molecule has 2 N–H and O–H groups in total. The normalized spacial score (nSPS) is 19.9. The van der Waals surface area contributed by atoms with Crippen LogP contribution in [0, 0.1) is 17.6 Å². The maximum atomic E-state index is 13.7. The zero-order valence-electron chi connectivity index (χ0n) is 11.0. The summed E-state index contributed by atoms with van der Waals surface area (Å²) in [6.45, 7) is 0.477. The molecule has 3 nitrogen and oxygen atoms in total. The zero-order valence-corrected chi connectivity index (χ0v) is 11.0. The van der Waals surface area contributed by atoms with Crippen LogP contribution in [0.1, 0.15) is 24.8 Å². The summed E-state index contributed by atoms with van der Waals surface area (Å²) in [5.74, 6) is -0.801. The second-order valence-corrected chi connectivity index (χ2v) is 5.42. The van der Waals surface area contributed by atoms with Crippen molar-refractivity contribution in [2.24, 2.45) is 11.7 Å². The lowest BCUT2D eigenvalue weighted by atomic mass is 10.1. The summed E-state index contributed by atoms with van der Waals surface area (Å²) in [5, 5.41) is 0. The van der Waals surface area contributed by atoms with Crippen molar-refractivity contribution in [1.29, 1.82) is 0 Å². The molecule has 1 amide bonds. The number of hydrogen-bond donors (Lipinski definition) is 1. The van der Waals surface area contributed by atoms with Crippen LogP contribution >= 0.6 is 0 Å². The molecule has 106 valence electrons. The number of carbonyl (C=O) groups excluding carboxylic acids is 1. The maximum Gasteiger partial charge on any atom is 0.243 e. The highest BCUT2D eigenvalue weighted by Crippen LogP contribution is 2.34. The molecule has 1 fully saturated rings. The topological polar surface area (TPSA) is 46.3 Å². The third-order valence-electron chi connectivity index (χ3n) is 3.91. The smallest absolute Gasteiger partial charge is 0.243 e. The molecule has 1 aromatic rings. The summed E-state index contributed by atoms with van der Waals surface area (Å²) in [6.07, 6.45) is 4.11. The number of benzene rings is 1. The Morgan fingerprint density at radius 2 is 2.10 bits per heavy atom. The van der Waals surface area contributed by atoms with E-state index in [2.05, 4.69) is 0 Å². The molecule has 2 aliphatic rings. The van der Waals surface area contributed by atoms with Gasteiger partial charge < -0.3 is 10.6 Å². The Bertz CT molecular complexity index is 581. The van der Waals surface area contributed by atoms with E-state index in [0.29, 0.717) is 18.5 Å². The van der Waals surface area contributed by atoms with E-state index < -0.39 is 17.7 Å². The average molecular weight is 278 g/mol. The third kappa shape index (κ3) is 2.45. The van der Waals surface area contributed by atoms with Gasteiger partial charge in [-0.1, -0.05) is 0 Å². The van der Waals surface area contributed by atoms with Crippen molar-refractivity contribution < 1.29 is 13.6 Å². The molecule has 0 spiro atoms. The highest BCUT2D eigenvalue weighted by Gasteiger charge is 2.36. The summed E-state index contributed by atoms with van der Waals surface area (Å²) in [6, 6.07) is 2.88. The number of amides is 1. The van der Waals surface area contributed by atoms with E-state index in [1.165, 1.54) is 4.90 Å². The molecule has 0 unspecified atom stereocenters. The molecule has 0 aromatic heterocycles. The molecule has 0 saturated heterocycles. The van der Waals surface area contributed by atoms with Gasteiger partial charge in [0.1, 0.15) is 11.6 Å². The highest BCUT2D eigenvalue weighted by atomic mass is 19.1. The van der Waals surface area contributed by atoms with Gasteiger partial charge in [0.05, 0.1) is 6.04 Å². The van der Waals surface area contributed by atoms with Crippen molar-refractivity contribution in [3.63, 3.8) is 0 Å². The number of halogens is 2. The van der Waals surface area contributed by atoms with Crippen LogP contribution in [0.2, 0.25) is 0 Å². The molecule has 3 rings (SSSR count). The van der Waals surface area contributed by atoms with Crippen molar-refractivity contribution in [2.45, 2.75) is 25.3 Å². The molecule has 0 radical (unpaired) electrons. The van der Waals surface area contributed by atoms with Gasteiger partial charge in [-0.2, -0.15) is 0 Å². The molecule has 1 aliphatic carbocycles. The first-order chi connectivity index (χ1) is 9.56. The van der Waals surface area contributed by atoms with Crippen LogP contribution < -0.4 is 5.73 Å². The quantitative estimate of drug-likeness (QED) is 0.922. The highest BCUT2D eigenvalue weighted by molar-refractivity contribution is 5.86. The minimum absolute atomic E-state index is 0.126. The monoisotopic (exact) mass is 278 g/mol. The van der Waals surface area contributed by atoms with E-state index in [1.807, 2.05) is 0 Å². The fraction of sp³-hybridized carbons (Fsp3) is 0.400. The van der Waals surface area contributed by atoms with Crippen molar-refractivity contribution in [2.75, 3.05) is 6.54 Å². The first-order valence-corrected chi connectivity index (χ1v) is 6.78. The van der Waals surface area contributed by atoms with Gasteiger partial charge in [0.25, 0.3) is 0 Å². The number of carbonyl (C=O) groups is 1. The molecule has 1 aromatic carbocycles. The Morgan fingerprint density at radius 1 is 1.35 bits per heavy atom. The molecule has 20 heavy (non-hydrogen) atoms. The third-order valence-corrected chi connectivity index (χ3v) is 3.91. The van der Waals surface area contributed by atoms with Crippen LogP contribution in [0.4, 0.5) is 8.78 Å². The van der Waals surface area contributed by atoms with Gasteiger partial charge in [0.2, 0.25) is 5.91 Å². The summed E-state index contributed by atoms with van der Waals surface area (Å²) in [5.41, 5.74) is 6.75. The number of hydrogen-bond acceptors (Lipinski definition) is 2. The maximum absolute atomic E-state index is 13.7. The van der Waals surface area contributed by atoms with Crippen molar-refractivity contribution in [3.8, 4) is 0 Å². The van der Waals surface area contributed by atoms with Crippen LogP contribution in [0.25, 0.3) is 5.57 Å². The second-order valence-electron chi connectivity index (χ2n) is 5.42. The van der Waals surface area contributed by atoms with Crippen LogP contribution in [-0.2, 0) is 4.79 Å². The minimum Gasteiger partial charge on any atom is -0.320 e. The van der Waals surface area contributed by atoms with Crippen LogP contribution in [0.5, 0.6) is 0 Å². The van der Waals surface area contributed by atoms with E-state index >= 15 is 0 Å². The standard InChI is InChI=1S/C15H16F2N2O/c16-11-3-4-13(17)12(7-11)10-5-6-19(8-10)15(20)14(18)9-1-2-9/h3-4,7-9,14H,1-2,5-6,18H2/t14-/m0/s1. The Balaban J connectivity index is 1.80. The van der Waals surface area contributed by atoms with E-state index in [0.717, 1.165) is 31.0 Å². The molecular formula is C15H16F2N2O. The van der Waals surface area contributed by atoms with Crippen LogP contribution in [0.15, 0.2) is 24.4 Å². The molecule has 1 heterocycles. The number of rotatable bonds is 3. The Morgan fingerprint density at radius 3 is 2.80 bits per heavy atom. The van der Waals surface area contributed by atoms with Gasteiger partial charge >= 0.3 is 0 Å². The molecule has 1 saturated carbocycles. The lowest BCUT2D eigenvalue weighted by Crippen LogP contribution is -2.41. The molecule has 5 heteroatoms. The van der Waals surface area contributed by atoms with Crippen LogP contribution in [-0.4, -0.2) is 23.4 Å². The average Bonchev–Trinajstić information content (AvgIpc) is 3.17. The van der Waals surface area contributed by atoms with E-state index in [9.17, 15) is 13.6 Å². The summed E-state index contributed by atoms with van der Waals surface area (Å²) in [7, 11) is 0. The van der Waals surface area contributed by atoms with E-state index in [-0.39, 0.29) is 17.4 Å². The van der Waals surface area contributed by atoms with Gasteiger partial charge in [-0.05, 0) is 49.0 Å². The Hall–Kier alpha value is -1.75. The molecule has 1 aliphatic heterocycles. The zero-order chi connectivity index (χ0) is 14.3. The second kappa shape index (κ2) is 4.98. The van der Waals surface area contributed by atoms with E-state index in [4.69, 9.17) is 5.73 Å². The first-order valence-electron chi connectivity index (χ1n) is 6.78. The summed E-state index contributed by atoms with van der Waals surface area (Å²) in [4.78, 5) is 13.7. The van der Waals surface area contributed by atoms with Crippen LogP contribution in [0.3, 0.4) is 0 Å². The lowest BCUT2D eigenvalue weighted by molar-refractivity contribution is -0.130. The number of nitrogens with zero attached hydrogens (tertiary/aromatic N) is 1. The fourth-order valence-corrected chi connectivity index (χ4v) is 2.53. The molecule has 1 atom stereocenters. The lowest BCUT2D eigenvalue weighted by Gasteiger charge is -2.17. The predicted octanol–water partition coefficient (Wildman–Crippen LogP) is 2.28. The van der Waals surface area contributed by atoms with Gasteiger partial charge in [0, 0.05) is 18.3 Å². The van der Waals surface area contributed by atoms with E-state index in [1.54, 1.807) is 6.20 Å². The SMILES string of the molecule is N[C@H](C(=O)N1C=C(c2cc(F)ccc2F)CC1)C1CC1. The molecular weight excluding hydrogens is 262 g/mol. The minimum atomic E-state index is -0.484. The van der Waals surface area contributed by atoms with Crippen molar-refractivity contribution >= 4 is 11.5 Å².